The predicted octanol–water partition coefficient (Wildman–Crippen LogP) is 1.65. The highest BCUT2D eigenvalue weighted by Gasteiger charge is 2.11. The molecule has 5 heteroatoms. The van der Waals surface area contributed by atoms with Gasteiger partial charge in [-0.25, -0.2) is 0 Å². The molecule has 0 aliphatic carbocycles. The van der Waals surface area contributed by atoms with Gasteiger partial charge in [0.25, 0.3) is 0 Å². The van der Waals surface area contributed by atoms with Crippen molar-refractivity contribution < 1.29 is 4.79 Å². The molecule has 1 aliphatic heterocycles. The van der Waals surface area contributed by atoms with Gasteiger partial charge in [-0.2, -0.15) is 11.8 Å². The number of nitrogens with zero attached hydrogens (tertiary/aromatic N) is 1. The summed E-state index contributed by atoms with van der Waals surface area (Å²) in [5.41, 5.74) is 7.10. The first-order valence-corrected chi connectivity index (χ1v) is 7.35. The fourth-order valence-corrected chi connectivity index (χ4v) is 2.90. The van der Waals surface area contributed by atoms with E-state index in [-0.39, 0.29) is 5.91 Å². The number of carbonyl (C=O) groups is 1. The van der Waals surface area contributed by atoms with Crippen LogP contribution in [-0.2, 0) is 4.79 Å². The summed E-state index contributed by atoms with van der Waals surface area (Å²) in [6.07, 6.45) is 0.541. The number of nitrogen functional groups attached to an aromatic ring is 1. The Morgan fingerprint density at radius 3 is 2.89 bits per heavy atom. The summed E-state index contributed by atoms with van der Waals surface area (Å²) >= 11 is 1.98. The van der Waals surface area contributed by atoms with Gasteiger partial charge in [0.2, 0.25) is 5.91 Å². The summed E-state index contributed by atoms with van der Waals surface area (Å²) in [7, 11) is 0. The maximum Gasteiger partial charge on any atom is 0.225 e. The van der Waals surface area contributed by atoms with Crippen molar-refractivity contribution in [3.63, 3.8) is 0 Å². The average molecular weight is 265 g/mol. The van der Waals surface area contributed by atoms with E-state index in [0.29, 0.717) is 12.1 Å². The molecule has 1 aromatic rings. The van der Waals surface area contributed by atoms with Crippen molar-refractivity contribution in [2.45, 2.75) is 6.42 Å². The van der Waals surface area contributed by atoms with Crippen molar-refractivity contribution >= 4 is 29.0 Å². The van der Waals surface area contributed by atoms with Gasteiger partial charge in [-0.05, 0) is 18.2 Å². The molecule has 98 valence electrons. The highest BCUT2D eigenvalue weighted by molar-refractivity contribution is 7.99. The van der Waals surface area contributed by atoms with Gasteiger partial charge in [0.1, 0.15) is 0 Å². The number of hydrogen-bond acceptors (Lipinski definition) is 4. The van der Waals surface area contributed by atoms with Gasteiger partial charge in [0.15, 0.2) is 0 Å². The Balaban J connectivity index is 1.74. The van der Waals surface area contributed by atoms with Gasteiger partial charge in [0.05, 0.1) is 0 Å². The monoisotopic (exact) mass is 265 g/mol. The van der Waals surface area contributed by atoms with Gasteiger partial charge in [-0.3, -0.25) is 4.79 Å². The molecule has 1 aromatic carbocycles. The number of rotatable bonds is 4. The fraction of sp³-hybridized carbons (Fsp3) is 0.462. The minimum absolute atomic E-state index is 0.0545. The number of anilines is 2. The first-order valence-electron chi connectivity index (χ1n) is 6.19. The molecule has 1 heterocycles. The SMILES string of the molecule is Nc1cccc(NC(=O)CCN2CCSCC2)c1. The van der Waals surface area contributed by atoms with E-state index >= 15 is 0 Å². The second-order valence-corrected chi connectivity index (χ2v) is 5.60. The van der Waals surface area contributed by atoms with Gasteiger partial charge >= 0.3 is 0 Å². The first kappa shape index (κ1) is 13.2. The van der Waals surface area contributed by atoms with Crippen LogP contribution in [0.1, 0.15) is 6.42 Å². The fourth-order valence-electron chi connectivity index (χ4n) is 1.92. The van der Waals surface area contributed by atoms with Crippen LogP contribution < -0.4 is 11.1 Å². The molecular weight excluding hydrogens is 246 g/mol. The lowest BCUT2D eigenvalue weighted by Gasteiger charge is -2.25. The number of amides is 1. The smallest absolute Gasteiger partial charge is 0.225 e. The van der Waals surface area contributed by atoms with Crippen LogP contribution in [0.2, 0.25) is 0 Å². The van der Waals surface area contributed by atoms with Crippen LogP contribution in [0.4, 0.5) is 11.4 Å². The number of carbonyl (C=O) groups excluding carboxylic acids is 1. The number of nitrogens with two attached hydrogens (primary N) is 1. The number of benzene rings is 1. The van der Waals surface area contributed by atoms with Crippen molar-refractivity contribution in [1.29, 1.82) is 0 Å². The van der Waals surface area contributed by atoms with E-state index in [1.165, 1.54) is 11.5 Å². The normalized spacial score (nSPS) is 16.4. The molecule has 18 heavy (non-hydrogen) atoms. The van der Waals surface area contributed by atoms with Crippen molar-refractivity contribution in [2.24, 2.45) is 0 Å². The van der Waals surface area contributed by atoms with E-state index in [1.807, 2.05) is 23.9 Å². The Kier molecular flexibility index (Phi) is 4.90. The van der Waals surface area contributed by atoms with Gasteiger partial charge in [0, 0.05) is 48.9 Å². The second-order valence-electron chi connectivity index (χ2n) is 4.38. The van der Waals surface area contributed by atoms with E-state index in [0.717, 1.165) is 25.3 Å². The quantitative estimate of drug-likeness (QED) is 0.813. The lowest BCUT2D eigenvalue weighted by atomic mass is 10.2. The van der Waals surface area contributed by atoms with Crippen molar-refractivity contribution in [3.8, 4) is 0 Å². The van der Waals surface area contributed by atoms with Gasteiger partial charge in [-0.1, -0.05) is 6.07 Å². The highest BCUT2D eigenvalue weighted by Crippen LogP contribution is 2.13. The maximum atomic E-state index is 11.8. The van der Waals surface area contributed by atoms with Crippen LogP contribution in [0.15, 0.2) is 24.3 Å². The molecular formula is C13H19N3OS. The van der Waals surface area contributed by atoms with Crippen LogP contribution in [-0.4, -0.2) is 41.9 Å². The van der Waals surface area contributed by atoms with Gasteiger partial charge < -0.3 is 16.0 Å². The predicted molar refractivity (Wildman–Crippen MR) is 77.9 cm³/mol. The summed E-state index contributed by atoms with van der Waals surface area (Å²) in [6.45, 7) is 3.03. The molecule has 1 aliphatic rings. The molecule has 0 unspecified atom stereocenters. The van der Waals surface area contributed by atoms with E-state index in [2.05, 4.69) is 10.2 Å². The molecule has 1 saturated heterocycles. The van der Waals surface area contributed by atoms with Crippen molar-refractivity contribution in [1.82, 2.24) is 4.90 Å². The van der Waals surface area contributed by atoms with Crippen molar-refractivity contribution in [3.05, 3.63) is 24.3 Å². The van der Waals surface area contributed by atoms with E-state index in [1.54, 1.807) is 12.1 Å². The third-order valence-corrected chi connectivity index (χ3v) is 3.87. The Morgan fingerprint density at radius 1 is 1.39 bits per heavy atom. The average Bonchev–Trinajstić information content (AvgIpc) is 2.38. The maximum absolute atomic E-state index is 11.8. The van der Waals surface area contributed by atoms with Gasteiger partial charge in [-0.15, -0.1) is 0 Å². The molecule has 0 radical (unpaired) electrons. The van der Waals surface area contributed by atoms with E-state index in [4.69, 9.17) is 5.73 Å². The molecule has 0 atom stereocenters. The molecule has 0 saturated carbocycles. The summed E-state index contributed by atoms with van der Waals surface area (Å²) in [5.74, 6) is 2.41. The Bertz CT molecular complexity index is 405. The molecule has 1 fully saturated rings. The van der Waals surface area contributed by atoms with Crippen LogP contribution in [0.3, 0.4) is 0 Å². The Hall–Kier alpha value is -1.20. The summed E-state index contributed by atoms with van der Waals surface area (Å²) in [6, 6.07) is 7.27. The summed E-state index contributed by atoms with van der Waals surface area (Å²) in [4.78, 5) is 14.1. The largest absolute Gasteiger partial charge is 0.399 e. The Morgan fingerprint density at radius 2 is 2.17 bits per heavy atom. The Labute approximate surface area is 112 Å². The lowest BCUT2D eigenvalue weighted by molar-refractivity contribution is -0.116. The minimum atomic E-state index is 0.0545. The zero-order chi connectivity index (χ0) is 12.8. The summed E-state index contributed by atoms with van der Waals surface area (Å²) in [5, 5.41) is 2.87. The van der Waals surface area contributed by atoms with E-state index < -0.39 is 0 Å². The van der Waals surface area contributed by atoms with Crippen molar-refractivity contribution in [2.75, 3.05) is 42.2 Å². The van der Waals surface area contributed by atoms with Crippen LogP contribution in [0.25, 0.3) is 0 Å². The zero-order valence-electron chi connectivity index (χ0n) is 10.4. The summed E-state index contributed by atoms with van der Waals surface area (Å²) < 4.78 is 0. The molecule has 4 nitrogen and oxygen atoms in total. The van der Waals surface area contributed by atoms with Crippen LogP contribution in [0, 0.1) is 0 Å². The topological polar surface area (TPSA) is 58.4 Å². The number of nitrogens with one attached hydrogen (secondary N) is 1. The molecule has 3 N–H and O–H groups in total. The lowest BCUT2D eigenvalue weighted by Crippen LogP contribution is -2.34. The molecule has 0 aromatic heterocycles. The minimum Gasteiger partial charge on any atom is -0.399 e. The second kappa shape index (κ2) is 6.66. The zero-order valence-corrected chi connectivity index (χ0v) is 11.2. The highest BCUT2D eigenvalue weighted by atomic mass is 32.2. The van der Waals surface area contributed by atoms with E-state index in [9.17, 15) is 4.79 Å². The third kappa shape index (κ3) is 4.23. The molecule has 1 amide bonds. The molecule has 2 rings (SSSR count). The van der Waals surface area contributed by atoms with Crippen LogP contribution >= 0.6 is 11.8 Å². The first-order chi connectivity index (χ1) is 8.74. The molecule has 0 spiro atoms. The number of hydrogen-bond donors (Lipinski definition) is 2. The van der Waals surface area contributed by atoms with Crippen LogP contribution in [0.5, 0.6) is 0 Å². The standard InChI is InChI=1S/C13H19N3OS/c14-11-2-1-3-12(10-11)15-13(17)4-5-16-6-8-18-9-7-16/h1-3,10H,4-9,14H2,(H,15,17). The number of thioether (sulfide) groups is 1. The third-order valence-electron chi connectivity index (χ3n) is 2.93. The molecule has 0 bridgehead atoms.